The summed E-state index contributed by atoms with van der Waals surface area (Å²) in [7, 11) is 3.91. The quantitative estimate of drug-likeness (QED) is 0.699. The number of anilines is 2. The molecule has 2 aromatic carbocycles. The van der Waals surface area contributed by atoms with E-state index in [0.29, 0.717) is 12.1 Å². The SMILES string of the molecule is CN(CCCNC(=O)c1ccc2c(c1)N(C)C(=O)C1CCCCN21)Cc1ccccc1. The van der Waals surface area contributed by atoms with E-state index in [0.717, 1.165) is 56.7 Å². The normalized spacial score (nSPS) is 18.0. The average molecular weight is 421 g/mol. The number of benzene rings is 2. The van der Waals surface area contributed by atoms with Gasteiger partial charge < -0.3 is 20.0 Å². The Morgan fingerprint density at radius 3 is 2.74 bits per heavy atom. The predicted molar refractivity (Wildman–Crippen MR) is 125 cm³/mol. The fraction of sp³-hybridized carbons (Fsp3) is 0.440. The third-order valence-corrected chi connectivity index (χ3v) is 6.32. The topological polar surface area (TPSA) is 55.9 Å². The summed E-state index contributed by atoms with van der Waals surface area (Å²) in [6, 6.07) is 16.1. The van der Waals surface area contributed by atoms with E-state index in [1.807, 2.05) is 31.3 Å². The molecule has 0 bridgehead atoms. The molecule has 1 atom stereocenters. The summed E-state index contributed by atoms with van der Waals surface area (Å²) in [4.78, 5) is 31.7. The molecule has 164 valence electrons. The second kappa shape index (κ2) is 9.52. The van der Waals surface area contributed by atoms with E-state index in [-0.39, 0.29) is 17.9 Å². The van der Waals surface area contributed by atoms with Gasteiger partial charge in [-0.25, -0.2) is 0 Å². The Kier molecular flexibility index (Phi) is 6.56. The Morgan fingerprint density at radius 1 is 1.13 bits per heavy atom. The molecule has 4 rings (SSSR count). The lowest BCUT2D eigenvalue weighted by Gasteiger charge is -2.44. The Morgan fingerprint density at radius 2 is 1.94 bits per heavy atom. The molecule has 1 unspecified atom stereocenters. The molecular formula is C25H32N4O2. The first kappa shape index (κ1) is 21.4. The zero-order valence-corrected chi connectivity index (χ0v) is 18.5. The highest BCUT2D eigenvalue weighted by Gasteiger charge is 2.37. The van der Waals surface area contributed by atoms with Crippen LogP contribution in [0.25, 0.3) is 0 Å². The van der Waals surface area contributed by atoms with Gasteiger partial charge in [0.25, 0.3) is 5.91 Å². The number of nitrogens with one attached hydrogen (secondary N) is 1. The third-order valence-electron chi connectivity index (χ3n) is 6.32. The van der Waals surface area contributed by atoms with Crippen molar-refractivity contribution in [3.8, 4) is 0 Å². The maximum atomic E-state index is 12.8. The molecule has 2 heterocycles. The van der Waals surface area contributed by atoms with Crippen molar-refractivity contribution in [1.29, 1.82) is 0 Å². The fourth-order valence-electron chi connectivity index (χ4n) is 4.62. The summed E-state index contributed by atoms with van der Waals surface area (Å²) < 4.78 is 0. The van der Waals surface area contributed by atoms with Crippen LogP contribution in [0.5, 0.6) is 0 Å². The second-order valence-electron chi connectivity index (χ2n) is 8.64. The smallest absolute Gasteiger partial charge is 0.251 e. The van der Waals surface area contributed by atoms with E-state index < -0.39 is 0 Å². The fourth-order valence-corrected chi connectivity index (χ4v) is 4.62. The zero-order valence-electron chi connectivity index (χ0n) is 18.5. The van der Waals surface area contributed by atoms with Crippen molar-refractivity contribution in [2.24, 2.45) is 0 Å². The van der Waals surface area contributed by atoms with E-state index in [4.69, 9.17) is 0 Å². The molecule has 2 aliphatic heterocycles. The molecule has 0 aromatic heterocycles. The van der Waals surface area contributed by atoms with Gasteiger partial charge in [0.1, 0.15) is 6.04 Å². The molecule has 6 nitrogen and oxygen atoms in total. The summed E-state index contributed by atoms with van der Waals surface area (Å²) in [5, 5.41) is 3.02. The van der Waals surface area contributed by atoms with Gasteiger partial charge in [0.2, 0.25) is 5.91 Å². The van der Waals surface area contributed by atoms with E-state index in [9.17, 15) is 9.59 Å². The number of carbonyl (C=O) groups excluding carboxylic acids is 2. The van der Waals surface area contributed by atoms with Crippen LogP contribution in [0.15, 0.2) is 48.5 Å². The molecule has 2 aromatic rings. The average Bonchev–Trinajstić information content (AvgIpc) is 2.80. The van der Waals surface area contributed by atoms with Crippen LogP contribution in [0.4, 0.5) is 11.4 Å². The first-order valence-electron chi connectivity index (χ1n) is 11.2. The Bertz CT molecular complexity index is 930. The number of carbonyl (C=O) groups is 2. The van der Waals surface area contributed by atoms with Crippen LogP contribution >= 0.6 is 0 Å². The molecule has 0 aliphatic carbocycles. The Hall–Kier alpha value is -2.86. The first-order chi connectivity index (χ1) is 15.0. The molecule has 1 fully saturated rings. The van der Waals surface area contributed by atoms with Crippen LogP contribution in [-0.2, 0) is 11.3 Å². The molecule has 6 heteroatoms. The van der Waals surface area contributed by atoms with Crippen molar-refractivity contribution < 1.29 is 9.59 Å². The van der Waals surface area contributed by atoms with E-state index in [1.165, 1.54) is 5.56 Å². The summed E-state index contributed by atoms with van der Waals surface area (Å²) in [5.41, 5.74) is 3.79. The van der Waals surface area contributed by atoms with Crippen molar-refractivity contribution in [2.75, 3.05) is 43.5 Å². The van der Waals surface area contributed by atoms with Crippen molar-refractivity contribution in [3.63, 3.8) is 0 Å². The summed E-state index contributed by atoms with van der Waals surface area (Å²) >= 11 is 0. The highest BCUT2D eigenvalue weighted by atomic mass is 16.2. The number of likely N-dealkylation sites (N-methyl/N-ethyl adjacent to an activating group) is 1. The number of fused-ring (bicyclic) bond motifs is 3. The number of hydrogen-bond acceptors (Lipinski definition) is 4. The van der Waals surface area contributed by atoms with Gasteiger partial charge in [0, 0.05) is 32.2 Å². The minimum atomic E-state index is -0.0878. The van der Waals surface area contributed by atoms with E-state index >= 15 is 0 Å². The lowest BCUT2D eigenvalue weighted by Crippen LogP contribution is -2.54. The number of rotatable bonds is 7. The molecule has 2 aliphatic rings. The number of hydrogen-bond donors (Lipinski definition) is 1. The van der Waals surface area contributed by atoms with Gasteiger partial charge in [-0.05, 0) is 63.0 Å². The third kappa shape index (κ3) is 4.74. The molecule has 31 heavy (non-hydrogen) atoms. The molecular weight excluding hydrogens is 388 g/mol. The highest BCUT2D eigenvalue weighted by molar-refractivity contribution is 6.07. The van der Waals surface area contributed by atoms with Crippen LogP contribution in [0.1, 0.15) is 41.6 Å². The zero-order chi connectivity index (χ0) is 21.8. The molecule has 0 spiro atoms. The van der Waals surface area contributed by atoms with Gasteiger partial charge in [0.05, 0.1) is 11.4 Å². The van der Waals surface area contributed by atoms with Gasteiger partial charge in [-0.2, -0.15) is 0 Å². The van der Waals surface area contributed by atoms with Crippen LogP contribution in [0, 0.1) is 0 Å². The molecule has 0 saturated carbocycles. The highest BCUT2D eigenvalue weighted by Crippen LogP contribution is 2.39. The van der Waals surface area contributed by atoms with Crippen LogP contribution < -0.4 is 15.1 Å². The van der Waals surface area contributed by atoms with Gasteiger partial charge in [-0.3, -0.25) is 9.59 Å². The van der Waals surface area contributed by atoms with E-state index in [2.05, 4.69) is 46.4 Å². The van der Waals surface area contributed by atoms with Crippen molar-refractivity contribution in [3.05, 3.63) is 59.7 Å². The Balaban J connectivity index is 1.32. The van der Waals surface area contributed by atoms with Crippen LogP contribution in [0.2, 0.25) is 0 Å². The molecule has 1 N–H and O–H groups in total. The molecule has 0 radical (unpaired) electrons. The van der Waals surface area contributed by atoms with Crippen molar-refractivity contribution >= 4 is 23.2 Å². The number of piperidine rings is 1. The second-order valence-corrected chi connectivity index (χ2v) is 8.64. The Labute approximate surface area is 184 Å². The summed E-state index contributed by atoms with van der Waals surface area (Å²) in [6.45, 7) is 3.34. The van der Waals surface area contributed by atoms with E-state index in [1.54, 1.807) is 4.90 Å². The number of amides is 2. The van der Waals surface area contributed by atoms with Gasteiger partial charge >= 0.3 is 0 Å². The molecule has 2 amide bonds. The molecule has 1 saturated heterocycles. The maximum absolute atomic E-state index is 12.8. The first-order valence-corrected chi connectivity index (χ1v) is 11.2. The van der Waals surface area contributed by atoms with Crippen LogP contribution in [-0.4, -0.2) is 56.5 Å². The predicted octanol–water partition coefficient (Wildman–Crippen LogP) is 3.27. The van der Waals surface area contributed by atoms with Crippen molar-refractivity contribution in [1.82, 2.24) is 10.2 Å². The van der Waals surface area contributed by atoms with Crippen molar-refractivity contribution in [2.45, 2.75) is 38.3 Å². The standard InChI is InChI=1S/C25H32N4O2/c1-27(18-19-9-4-3-5-10-19)15-8-14-26-24(30)20-12-13-21-23(17-20)28(2)25(31)22-11-6-7-16-29(21)22/h3-5,9-10,12-13,17,22H,6-8,11,14-16,18H2,1-2H3,(H,26,30). The minimum Gasteiger partial charge on any atom is -0.358 e. The van der Waals surface area contributed by atoms with Gasteiger partial charge in [0.15, 0.2) is 0 Å². The summed E-state index contributed by atoms with van der Waals surface area (Å²) in [5.74, 6) is 0.0429. The summed E-state index contributed by atoms with van der Waals surface area (Å²) in [6.07, 6.45) is 3.99. The lowest BCUT2D eigenvalue weighted by atomic mass is 9.96. The monoisotopic (exact) mass is 420 g/mol. The number of nitrogens with zero attached hydrogens (tertiary/aromatic N) is 3. The maximum Gasteiger partial charge on any atom is 0.251 e. The lowest BCUT2D eigenvalue weighted by molar-refractivity contribution is -0.120. The van der Waals surface area contributed by atoms with Gasteiger partial charge in [-0.15, -0.1) is 0 Å². The largest absolute Gasteiger partial charge is 0.358 e. The minimum absolute atomic E-state index is 0.0567. The van der Waals surface area contributed by atoms with Crippen LogP contribution in [0.3, 0.4) is 0 Å². The van der Waals surface area contributed by atoms with Gasteiger partial charge in [-0.1, -0.05) is 30.3 Å².